The summed E-state index contributed by atoms with van der Waals surface area (Å²) in [4.78, 5) is 11.1. The predicted octanol–water partition coefficient (Wildman–Crippen LogP) is 4.48. The maximum absolute atomic E-state index is 11.1. The molecule has 3 N–H and O–H groups in total. The first-order valence-corrected chi connectivity index (χ1v) is 11.7. The molecule has 4 heteroatoms. The van der Waals surface area contributed by atoms with Crippen LogP contribution in [-0.4, -0.2) is 33.5 Å². The van der Waals surface area contributed by atoms with Crippen molar-refractivity contribution in [2.45, 2.75) is 97.2 Å². The molecular weight excluding hydrogens is 352 g/mol. The van der Waals surface area contributed by atoms with Crippen molar-refractivity contribution in [1.82, 2.24) is 0 Å². The Morgan fingerprint density at radius 3 is 2.36 bits per heavy atom. The Bertz CT molecular complexity index is 605. The molecule has 0 radical (unpaired) electrons. The molecule has 0 aromatic carbocycles. The third kappa shape index (κ3) is 3.14. The van der Waals surface area contributed by atoms with Crippen molar-refractivity contribution in [1.29, 1.82) is 0 Å². The number of carbonyl (C=O) groups is 1. The van der Waals surface area contributed by atoms with E-state index >= 15 is 0 Å². The molecule has 0 spiro atoms. The number of carboxylic acid groups (broad SMARTS) is 1. The fourth-order valence-electron chi connectivity index (χ4n) is 8.81. The minimum atomic E-state index is -0.677. The number of aliphatic hydroxyl groups is 2. The van der Waals surface area contributed by atoms with Crippen molar-refractivity contribution in [3.8, 4) is 0 Å². The van der Waals surface area contributed by atoms with E-state index in [0.29, 0.717) is 35.0 Å². The number of rotatable bonds is 4. The number of hydrogen-bond donors (Lipinski definition) is 3. The van der Waals surface area contributed by atoms with Gasteiger partial charge >= 0.3 is 5.97 Å². The highest BCUT2D eigenvalue weighted by Gasteiger charge is 2.62. The molecule has 10 atom stereocenters. The van der Waals surface area contributed by atoms with E-state index in [1.807, 2.05) is 0 Å². The second kappa shape index (κ2) is 7.27. The van der Waals surface area contributed by atoms with Crippen LogP contribution in [0.1, 0.15) is 85.0 Å². The summed E-state index contributed by atoms with van der Waals surface area (Å²) in [6, 6.07) is 0. The van der Waals surface area contributed by atoms with Gasteiger partial charge in [0.05, 0.1) is 12.2 Å². The zero-order valence-corrected chi connectivity index (χ0v) is 17.9. The molecule has 160 valence electrons. The molecule has 4 nitrogen and oxygen atoms in total. The fourth-order valence-corrected chi connectivity index (χ4v) is 8.81. The van der Waals surface area contributed by atoms with Crippen LogP contribution in [0.4, 0.5) is 0 Å². The lowest BCUT2D eigenvalue weighted by Gasteiger charge is -2.62. The third-order valence-corrected chi connectivity index (χ3v) is 10.2. The zero-order valence-electron chi connectivity index (χ0n) is 17.9. The molecule has 4 aliphatic carbocycles. The van der Waals surface area contributed by atoms with Gasteiger partial charge in [-0.15, -0.1) is 0 Å². The number of aliphatic carboxylic acids is 1. The van der Waals surface area contributed by atoms with Gasteiger partial charge in [0.15, 0.2) is 0 Å². The van der Waals surface area contributed by atoms with Gasteiger partial charge in [-0.1, -0.05) is 20.8 Å². The van der Waals surface area contributed by atoms with Gasteiger partial charge in [0.25, 0.3) is 0 Å². The van der Waals surface area contributed by atoms with E-state index in [9.17, 15) is 15.0 Å². The van der Waals surface area contributed by atoms with Crippen LogP contribution in [0.25, 0.3) is 0 Å². The van der Waals surface area contributed by atoms with Gasteiger partial charge in [-0.25, -0.2) is 0 Å². The van der Waals surface area contributed by atoms with E-state index < -0.39 is 5.97 Å². The summed E-state index contributed by atoms with van der Waals surface area (Å²) in [6.07, 6.45) is 9.16. The summed E-state index contributed by atoms with van der Waals surface area (Å²) in [5.74, 6) is 2.61. The molecule has 0 aromatic heterocycles. The maximum atomic E-state index is 11.1. The van der Waals surface area contributed by atoms with E-state index in [1.165, 1.54) is 25.7 Å². The smallest absolute Gasteiger partial charge is 0.303 e. The van der Waals surface area contributed by atoms with Crippen molar-refractivity contribution < 1.29 is 20.1 Å². The van der Waals surface area contributed by atoms with Gasteiger partial charge in [-0.3, -0.25) is 4.79 Å². The van der Waals surface area contributed by atoms with Crippen molar-refractivity contribution in [2.24, 2.45) is 46.3 Å². The van der Waals surface area contributed by atoms with Crippen molar-refractivity contribution >= 4 is 5.97 Å². The second-order valence-corrected chi connectivity index (χ2v) is 11.4. The molecule has 4 rings (SSSR count). The Morgan fingerprint density at radius 1 is 0.964 bits per heavy atom. The monoisotopic (exact) mass is 392 g/mol. The van der Waals surface area contributed by atoms with Crippen LogP contribution in [0.15, 0.2) is 0 Å². The van der Waals surface area contributed by atoms with Gasteiger partial charge in [-0.2, -0.15) is 0 Å². The molecule has 0 amide bonds. The molecule has 0 bridgehead atoms. The Morgan fingerprint density at radius 2 is 1.64 bits per heavy atom. The van der Waals surface area contributed by atoms with E-state index in [-0.39, 0.29) is 30.0 Å². The SMILES string of the molecule is C[C@H](CCC(=O)O)[C@H]1CC[C@H]2[C@@H]3C[C@@H](O)[C@@H]4C[C@@H](O)CC[C@]4(C)[C@@H]3CC[C@]12C. The Hall–Kier alpha value is -0.610. The fraction of sp³-hybridized carbons (Fsp3) is 0.958. The first kappa shape index (κ1) is 20.7. The summed E-state index contributed by atoms with van der Waals surface area (Å²) < 4.78 is 0. The highest BCUT2D eigenvalue weighted by Crippen LogP contribution is 2.68. The number of aliphatic hydroxyl groups excluding tert-OH is 2. The number of carboxylic acids is 1. The molecule has 0 unspecified atom stereocenters. The van der Waals surface area contributed by atoms with Gasteiger partial charge in [-0.05, 0) is 104 Å². The van der Waals surface area contributed by atoms with Crippen molar-refractivity contribution in [3.63, 3.8) is 0 Å². The molecule has 4 aliphatic rings. The van der Waals surface area contributed by atoms with Crippen LogP contribution in [0.3, 0.4) is 0 Å². The molecule has 28 heavy (non-hydrogen) atoms. The second-order valence-electron chi connectivity index (χ2n) is 11.4. The summed E-state index contributed by atoms with van der Waals surface area (Å²) in [5, 5.41) is 30.4. The average Bonchev–Trinajstić information content (AvgIpc) is 2.99. The van der Waals surface area contributed by atoms with E-state index in [1.54, 1.807) is 0 Å². The van der Waals surface area contributed by atoms with Gasteiger partial charge < -0.3 is 15.3 Å². The number of hydrogen-bond acceptors (Lipinski definition) is 3. The summed E-state index contributed by atoms with van der Waals surface area (Å²) in [6.45, 7) is 7.16. The normalized spacial score (nSPS) is 51.7. The summed E-state index contributed by atoms with van der Waals surface area (Å²) >= 11 is 0. The minimum Gasteiger partial charge on any atom is -0.481 e. The molecule has 0 heterocycles. The minimum absolute atomic E-state index is 0.176. The molecule has 4 saturated carbocycles. The zero-order chi connectivity index (χ0) is 20.3. The average molecular weight is 393 g/mol. The lowest BCUT2D eigenvalue weighted by Crippen LogP contribution is -2.58. The Kier molecular flexibility index (Phi) is 5.36. The van der Waals surface area contributed by atoms with Crippen LogP contribution in [0.5, 0.6) is 0 Å². The van der Waals surface area contributed by atoms with Gasteiger partial charge in [0.1, 0.15) is 0 Å². The molecular formula is C24H40O4. The summed E-state index contributed by atoms with van der Waals surface area (Å²) in [5.41, 5.74) is 0.478. The highest BCUT2D eigenvalue weighted by atomic mass is 16.4. The lowest BCUT2D eigenvalue weighted by atomic mass is 9.44. The summed E-state index contributed by atoms with van der Waals surface area (Å²) in [7, 11) is 0. The van der Waals surface area contributed by atoms with Crippen LogP contribution in [0, 0.1) is 46.3 Å². The van der Waals surface area contributed by atoms with Crippen molar-refractivity contribution in [2.75, 3.05) is 0 Å². The molecule has 0 saturated heterocycles. The quantitative estimate of drug-likeness (QED) is 0.659. The largest absolute Gasteiger partial charge is 0.481 e. The first-order valence-electron chi connectivity index (χ1n) is 11.7. The van der Waals surface area contributed by atoms with Crippen LogP contribution >= 0.6 is 0 Å². The first-order chi connectivity index (χ1) is 13.2. The van der Waals surface area contributed by atoms with Crippen LogP contribution in [0.2, 0.25) is 0 Å². The van der Waals surface area contributed by atoms with Crippen LogP contribution < -0.4 is 0 Å². The lowest BCUT2D eigenvalue weighted by molar-refractivity contribution is -0.172. The van der Waals surface area contributed by atoms with Gasteiger partial charge in [0.2, 0.25) is 0 Å². The molecule has 4 fully saturated rings. The Balaban J connectivity index is 1.55. The standard InChI is InChI=1S/C24H40O4/c1-14(4-7-22(27)28)17-5-6-18-16-13-21(26)20-12-15(25)8-10-24(20,3)19(16)9-11-23(17,18)2/h14-21,25-26H,4-13H2,1-3H3,(H,27,28)/t14-,15+,16+,17-,18+,19-,20+,21-,23-,24-/m1/s1. The maximum Gasteiger partial charge on any atom is 0.303 e. The number of fused-ring (bicyclic) bond motifs is 5. The van der Waals surface area contributed by atoms with Gasteiger partial charge in [0, 0.05) is 6.42 Å². The third-order valence-electron chi connectivity index (χ3n) is 10.2. The molecule has 0 aliphatic heterocycles. The van der Waals surface area contributed by atoms with E-state index in [0.717, 1.165) is 32.1 Å². The Labute approximate surface area is 170 Å². The topological polar surface area (TPSA) is 77.8 Å². The van der Waals surface area contributed by atoms with Crippen LogP contribution in [-0.2, 0) is 4.79 Å². The van der Waals surface area contributed by atoms with E-state index in [2.05, 4.69) is 20.8 Å². The highest BCUT2D eigenvalue weighted by molar-refractivity contribution is 5.66. The predicted molar refractivity (Wildman–Crippen MR) is 109 cm³/mol. The van der Waals surface area contributed by atoms with Crippen molar-refractivity contribution in [3.05, 3.63) is 0 Å². The van der Waals surface area contributed by atoms with E-state index in [4.69, 9.17) is 5.11 Å². The molecule has 0 aromatic rings.